The van der Waals surface area contributed by atoms with Gasteiger partial charge in [-0.3, -0.25) is 4.79 Å². The van der Waals surface area contributed by atoms with Gasteiger partial charge in [0.2, 0.25) is 0 Å². The second-order valence-corrected chi connectivity index (χ2v) is 8.15. The minimum absolute atomic E-state index is 0.0912. The Morgan fingerprint density at radius 3 is 2.30 bits per heavy atom. The minimum Gasteiger partial charge on any atom is -0.307 e. The van der Waals surface area contributed by atoms with E-state index in [0.29, 0.717) is 16.4 Å². The highest BCUT2D eigenvalue weighted by Gasteiger charge is 2.25. The van der Waals surface area contributed by atoms with Gasteiger partial charge in [-0.05, 0) is 39.0 Å². The summed E-state index contributed by atoms with van der Waals surface area (Å²) in [5.74, 6) is 0.491. The number of hydrogen-bond acceptors (Lipinski definition) is 2. The monoisotopic (exact) mass is 333 g/mol. The van der Waals surface area contributed by atoms with Crippen LogP contribution in [-0.4, -0.2) is 15.7 Å². The van der Waals surface area contributed by atoms with Gasteiger partial charge in [0.1, 0.15) is 5.82 Å². The molecule has 1 N–H and O–H groups in total. The van der Waals surface area contributed by atoms with Gasteiger partial charge in [-0.25, -0.2) is 4.68 Å². The molecule has 1 aromatic heterocycles. The molecule has 0 atom stereocenters. The Morgan fingerprint density at radius 2 is 1.78 bits per heavy atom. The summed E-state index contributed by atoms with van der Waals surface area (Å²) in [6.07, 6.45) is 0. The number of hydrogen-bond donors (Lipinski definition) is 1. The third-order valence-corrected chi connectivity index (χ3v) is 3.68. The van der Waals surface area contributed by atoms with Gasteiger partial charge in [0.05, 0.1) is 11.2 Å². The smallest absolute Gasteiger partial charge is 0.256 e. The molecule has 4 nitrogen and oxygen atoms in total. The summed E-state index contributed by atoms with van der Waals surface area (Å²) < 4.78 is 1.86. The third-order valence-electron chi connectivity index (χ3n) is 3.44. The predicted octanol–water partition coefficient (Wildman–Crippen LogP) is 4.84. The molecule has 0 aliphatic heterocycles. The second kappa shape index (κ2) is 6.00. The Balaban J connectivity index is 2.39. The maximum Gasteiger partial charge on any atom is 0.256 e. The predicted molar refractivity (Wildman–Crippen MR) is 95.3 cm³/mol. The van der Waals surface area contributed by atoms with E-state index >= 15 is 0 Å². The van der Waals surface area contributed by atoms with Crippen molar-refractivity contribution in [3.63, 3.8) is 0 Å². The van der Waals surface area contributed by atoms with Crippen LogP contribution in [0.15, 0.2) is 30.3 Å². The molecular formula is C18H24ClN3O. The average molecular weight is 334 g/mol. The first-order valence-electron chi connectivity index (χ1n) is 7.66. The highest BCUT2D eigenvalue weighted by Crippen LogP contribution is 2.28. The molecule has 1 amide bonds. The van der Waals surface area contributed by atoms with Gasteiger partial charge in [-0.15, -0.1) is 0 Å². The molecule has 2 aromatic rings. The molecule has 0 unspecified atom stereocenters. The van der Waals surface area contributed by atoms with Gasteiger partial charge >= 0.3 is 0 Å². The van der Waals surface area contributed by atoms with Gasteiger partial charge in [-0.1, -0.05) is 38.4 Å². The second-order valence-electron chi connectivity index (χ2n) is 7.71. The van der Waals surface area contributed by atoms with Crippen molar-refractivity contribution >= 4 is 23.3 Å². The largest absolute Gasteiger partial charge is 0.307 e. The molecule has 2 rings (SSSR count). The number of anilines is 1. The van der Waals surface area contributed by atoms with E-state index in [4.69, 9.17) is 16.7 Å². The van der Waals surface area contributed by atoms with Gasteiger partial charge in [0, 0.05) is 22.1 Å². The lowest BCUT2D eigenvalue weighted by molar-refractivity contribution is 0.102. The Hall–Kier alpha value is -1.81. The number of carbonyl (C=O) groups is 1. The minimum atomic E-state index is -0.236. The molecule has 0 radical (unpaired) electrons. The number of amides is 1. The van der Waals surface area contributed by atoms with E-state index in [1.807, 2.05) is 10.7 Å². The van der Waals surface area contributed by atoms with Gasteiger partial charge < -0.3 is 5.32 Å². The third kappa shape index (κ3) is 4.14. The number of nitrogens with zero attached hydrogens (tertiary/aromatic N) is 2. The van der Waals surface area contributed by atoms with Crippen LogP contribution in [-0.2, 0) is 11.0 Å². The van der Waals surface area contributed by atoms with E-state index in [1.165, 1.54) is 0 Å². The first-order chi connectivity index (χ1) is 10.5. The first kappa shape index (κ1) is 17.5. The zero-order chi connectivity index (χ0) is 17.4. The fourth-order valence-corrected chi connectivity index (χ4v) is 2.36. The molecule has 23 heavy (non-hydrogen) atoms. The molecular weight excluding hydrogens is 310 g/mol. The van der Waals surface area contributed by atoms with E-state index in [0.717, 1.165) is 5.69 Å². The standard InChI is InChI=1S/C18H24ClN3O/c1-17(2,3)14-11-15(22(21-14)18(4,5)6)20-16(23)12-8-7-9-13(19)10-12/h7-11H,1-6H3,(H,20,23). The van der Waals surface area contributed by atoms with Crippen molar-refractivity contribution in [2.75, 3.05) is 5.32 Å². The highest BCUT2D eigenvalue weighted by atomic mass is 35.5. The summed E-state index contributed by atoms with van der Waals surface area (Å²) in [7, 11) is 0. The number of halogens is 1. The molecule has 0 spiro atoms. The van der Waals surface area contributed by atoms with Crippen LogP contribution in [0.3, 0.4) is 0 Å². The molecule has 0 saturated heterocycles. The maximum atomic E-state index is 12.5. The summed E-state index contributed by atoms with van der Waals surface area (Å²) in [6.45, 7) is 12.5. The Bertz CT molecular complexity index is 721. The first-order valence-corrected chi connectivity index (χ1v) is 8.04. The van der Waals surface area contributed by atoms with Gasteiger partial charge in [0.25, 0.3) is 5.91 Å². The van der Waals surface area contributed by atoms with Crippen LogP contribution in [0.1, 0.15) is 57.6 Å². The highest BCUT2D eigenvalue weighted by molar-refractivity contribution is 6.31. The van der Waals surface area contributed by atoms with E-state index in [-0.39, 0.29) is 16.9 Å². The fourth-order valence-electron chi connectivity index (χ4n) is 2.17. The molecule has 0 aliphatic carbocycles. The van der Waals surface area contributed by atoms with E-state index in [2.05, 4.69) is 46.9 Å². The van der Waals surface area contributed by atoms with Crippen LogP contribution in [0.5, 0.6) is 0 Å². The van der Waals surface area contributed by atoms with Crippen molar-refractivity contribution in [3.05, 3.63) is 46.6 Å². The summed E-state index contributed by atoms with van der Waals surface area (Å²) >= 11 is 5.96. The number of benzene rings is 1. The van der Waals surface area contributed by atoms with Crippen LogP contribution in [0.2, 0.25) is 5.02 Å². The number of carbonyl (C=O) groups excluding carboxylic acids is 1. The number of aromatic nitrogens is 2. The zero-order valence-electron chi connectivity index (χ0n) is 14.6. The SMILES string of the molecule is CC(C)(C)c1cc(NC(=O)c2cccc(Cl)c2)n(C(C)(C)C)n1. The number of nitrogens with one attached hydrogen (secondary N) is 1. The lowest BCUT2D eigenvalue weighted by atomic mass is 9.92. The Labute approximate surface area is 142 Å². The summed E-state index contributed by atoms with van der Waals surface area (Å²) in [6, 6.07) is 8.84. The summed E-state index contributed by atoms with van der Waals surface area (Å²) in [4.78, 5) is 12.5. The average Bonchev–Trinajstić information content (AvgIpc) is 2.82. The molecule has 0 aliphatic rings. The van der Waals surface area contributed by atoms with E-state index in [9.17, 15) is 4.79 Å². The van der Waals surface area contributed by atoms with Crippen molar-refractivity contribution in [1.29, 1.82) is 0 Å². The summed E-state index contributed by atoms with van der Waals surface area (Å²) in [5.41, 5.74) is 1.14. The van der Waals surface area contributed by atoms with E-state index < -0.39 is 0 Å². The Kier molecular flexibility index (Phi) is 4.58. The normalized spacial score (nSPS) is 12.3. The zero-order valence-corrected chi connectivity index (χ0v) is 15.3. The molecule has 0 fully saturated rings. The molecule has 124 valence electrons. The molecule has 0 bridgehead atoms. The molecule has 0 saturated carbocycles. The van der Waals surface area contributed by atoms with Crippen molar-refractivity contribution in [1.82, 2.24) is 9.78 Å². The van der Waals surface area contributed by atoms with Crippen molar-refractivity contribution in [2.45, 2.75) is 52.5 Å². The van der Waals surface area contributed by atoms with Gasteiger partial charge in [-0.2, -0.15) is 5.10 Å². The molecule has 5 heteroatoms. The van der Waals surface area contributed by atoms with Crippen LogP contribution in [0, 0.1) is 0 Å². The van der Waals surface area contributed by atoms with Crippen LogP contribution in [0.25, 0.3) is 0 Å². The van der Waals surface area contributed by atoms with E-state index in [1.54, 1.807) is 24.3 Å². The molecule has 1 heterocycles. The quantitative estimate of drug-likeness (QED) is 0.854. The molecule has 1 aromatic carbocycles. The van der Waals surface area contributed by atoms with Crippen LogP contribution >= 0.6 is 11.6 Å². The topological polar surface area (TPSA) is 46.9 Å². The van der Waals surface area contributed by atoms with Crippen molar-refractivity contribution in [2.24, 2.45) is 0 Å². The fraction of sp³-hybridized carbons (Fsp3) is 0.444. The lowest BCUT2D eigenvalue weighted by Crippen LogP contribution is -2.27. The van der Waals surface area contributed by atoms with Crippen molar-refractivity contribution < 1.29 is 4.79 Å². The number of rotatable bonds is 2. The van der Waals surface area contributed by atoms with Crippen molar-refractivity contribution in [3.8, 4) is 0 Å². The van der Waals surface area contributed by atoms with Crippen LogP contribution < -0.4 is 5.32 Å². The van der Waals surface area contributed by atoms with Crippen LogP contribution in [0.4, 0.5) is 5.82 Å². The Morgan fingerprint density at radius 1 is 1.13 bits per heavy atom. The lowest BCUT2D eigenvalue weighted by Gasteiger charge is -2.23. The maximum absolute atomic E-state index is 12.5. The van der Waals surface area contributed by atoms with Gasteiger partial charge in [0.15, 0.2) is 0 Å². The summed E-state index contributed by atoms with van der Waals surface area (Å²) in [5, 5.41) is 8.19.